The van der Waals surface area contributed by atoms with Crippen molar-refractivity contribution in [3.63, 3.8) is 0 Å². The van der Waals surface area contributed by atoms with Gasteiger partial charge in [-0.25, -0.2) is 0 Å². The quantitative estimate of drug-likeness (QED) is 0.553. The molecule has 1 saturated heterocycles. The van der Waals surface area contributed by atoms with E-state index in [1.165, 1.54) is 0 Å². The number of likely N-dealkylation sites (tertiary alicyclic amines) is 1. The Bertz CT molecular complexity index is 180. The Kier molecular flexibility index (Phi) is 2.92. The third-order valence-corrected chi connectivity index (χ3v) is 2.14. The molecule has 0 spiro atoms. The van der Waals surface area contributed by atoms with Crippen LogP contribution < -0.4 is 0 Å². The molecule has 11 heavy (non-hydrogen) atoms. The first-order chi connectivity index (χ1) is 5.24. The zero-order valence-corrected chi connectivity index (χ0v) is 7.17. The highest BCUT2D eigenvalue weighted by Gasteiger charge is 2.26. The Hall–Kier alpha value is -0.520. The van der Waals surface area contributed by atoms with Crippen LogP contribution in [0.5, 0.6) is 0 Å². The van der Waals surface area contributed by atoms with Gasteiger partial charge in [-0.3, -0.25) is 4.90 Å². The van der Waals surface area contributed by atoms with E-state index in [9.17, 15) is 5.11 Å². The van der Waals surface area contributed by atoms with Gasteiger partial charge in [0.25, 0.3) is 0 Å². The van der Waals surface area contributed by atoms with Crippen molar-refractivity contribution in [3.8, 4) is 11.8 Å². The van der Waals surface area contributed by atoms with Crippen molar-refractivity contribution in [2.45, 2.75) is 32.4 Å². The molecule has 0 saturated carbocycles. The average molecular weight is 153 g/mol. The molecule has 2 heteroatoms. The summed E-state index contributed by atoms with van der Waals surface area (Å²) >= 11 is 0. The van der Waals surface area contributed by atoms with Gasteiger partial charge in [0, 0.05) is 12.6 Å². The number of aliphatic hydroxyl groups excluding tert-OH is 1. The van der Waals surface area contributed by atoms with Crippen molar-refractivity contribution in [1.82, 2.24) is 4.90 Å². The minimum Gasteiger partial charge on any atom is -0.392 e. The maximum atomic E-state index is 9.28. The van der Waals surface area contributed by atoms with E-state index in [1.807, 2.05) is 6.92 Å². The van der Waals surface area contributed by atoms with Crippen LogP contribution in [0.15, 0.2) is 0 Å². The van der Waals surface area contributed by atoms with Crippen molar-refractivity contribution in [1.29, 1.82) is 0 Å². The van der Waals surface area contributed by atoms with Crippen LogP contribution in [-0.2, 0) is 0 Å². The van der Waals surface area contributed by atoms with Crippen molar-refractivity contribution in [3.05, 3.63) is 0 Å². The maximum absolute atomic E-state index is 9.28. The summed E-state index contributed by atoms with van der Waals surface area (Å²) in [7, 11) is 0. The molecule has 1 heterocycles. The van der Waals surface area contributed by atoms with E-state index in [2.05, 4.69) is 23.7 Å². The van der Waals surface area contributed by atoms with Gasteiger partial charge in [-0.05, 0) is 20.3 Å². The van der Waals surface area contributed by atoms with Gasteiger partial charge in [0.05, 0.1) is 12.6 Å². The largest absolute Gasteiger partial charge is 0.392 e. The van der Waals surface area contributed by atoms with Crippen molar-refractivity contribution in [2.75, 3.05) is 13.1 Å². The normalized spacial score (nSPS) is 31.5. The van der Waals surface area contributed by atoms with E-state index in [0.29, 0.717) is 6.04 Å². The molecule has 62 valence electrons. The van der Waals surface area contributed by atoms with E-state index >= 15 is 0 Å². The average Bonchev–Trinajstić information content (AvgIpc) is 2.26. The number of hydrogen-bond acceptors (Lipinski definition) is 2. The zero-order chi connectivity index (χ0) is 8.27. The number of nitrogens with zero attached hydrogens (tertiary/aromatic N) is 1. The maximum Gasteiger partial charge on any atom is 0.0682 e. The van der Waals surface area contributed by atoms with Gasteiger partial charge >= 0.3 is 0 Å². The number of β-amino-alcohol motifs (C(OH)–C–C–N with tert-alkyl or cyclic N) is 1. The van der Waals surface area contributed by atoms with Gasteiger partial charge in [0.15, 0.2) is 0 Å². The Labute approximate surface area is 68.2 Å². The predicted octanol–water partition coefficient (Wildman–Crippen LogP) is 0.465. The Morgan fingerprint density at radius 1 is 1.64 bits per heavy atom. The van der Waals surface area contributed by atoms with Gasteiger partial charge in [-0.2, -0.15) is 0 Å². The van der Waals surface area contributed by atoms with Gasteiger partial charge in [-0.15, -0.1) is 5.92 Å². The summed E-state index contributed by atoms with van der Waals surface area (Å²) in [5.74, 6) is 5.86. The zero-order valence-electron chi connectivity index (χ0n) is 7.17. The van der Waals surface area contributed by atoms with Crippen molar-refractivity contribution < 1.29 is 5.11 Å². The smallest absolute Gasteiger partial charge is 0.0682 e. The second-order valence-electron chi connectivity index (χ2n) is 3.09. The summed E-state index contributed by atoms with van der Waals surface area (Å²) in [6.07, 6.45) is 0.759. The number of aliphatic hydroxyl groups is 1. The van der Waals surface area contributed by atoms with Crippen LogP contribution in [0.3, 0.4) is 0 Å². The molecule has 0 bridgehead atoms. The third kappa shape index (κ3) is 2.21. The van der Waals surface area contributed by atoms with E-state index in [0.717, 1.165) is 19.5 Å². The first-order valence-corrected chi connectivity index (χ1v) is 4.05. The van der Waals surface area contributed by atoms with E-state index in [1.54, 1.807) is 0 Å². The highest BCUT2D eigenvalue weighted by molar-refractivity contribution is 5.00. The number of rotatable bonds is 1. The molecule has 1 fully saturated rings. The minimum absolute atomic E-state index is 0.136. The molecule has 1 rings (SSSR count). The second-order valence-corrected chi connectivity index (χ2v) is 3.09. The molecule has 2 unspecified atom stereocenters. The fourth-order valence-corrected chi connectivity index (χ4v) is 1.47. The molecule has 0 radical (unpaired) electrons. The molecule has 0 aromatic carbocycles. The molecular formula is C9H15NO. The minimum atomic E-state index is -0.136. The molecule has 0 aromatic heterocycles. The molecule has 1 N–H and O–H groups in total. The Morgan fingerprint density at radius 3 is 2.82 bits per heavy atom. The lowest BCUT2D eigenvalue weighted by atomic mass is 10.2. The van der Waals surface area contributed by atoms with E-state index in [-0.39, 0.29) is 6.10 Å². The molecule has 2 atom stereocenters. The van der Waals surface area contributed by atoms with Crippen LogP contribution in [0.2, 0.25) is 0 Å². The van der Waals surface area contributed by atoms with Gasteiger partial charge in [0.2, 0.25) is 0 Å². The topological polar surface area (TPSA) is 23.5 Å². The SMILES string of the molecule is CC#CCN1CC(O)CC1C. The molecule has 0 aromatic rings. The molecule has 2 nitrogen and oxygen atoms in total. The van der Waals surface area contributed by atoms with Crippen LogP contribution in [0.1, 0.15) is 20.3 Å². The molecular weight excluding hydrogens is 138 g/mol. The number of hydrogen-bond donors (Lipinski definition) is 1. The van der Waals surface area contributed by atoms with Crippen molar-refractivity contribution >= 4 is 0 Å². The summed E-state index contributed by atoms with van der Waals surface area (Å²) in [5, 5.41) is 9.28. The van der Waals surface area contributed by atoms with E-state index in [4.69, 9.17) is 0 Å². The monoisotopic (exact) mass is 153 g/mol. The van der Waals surface area contributed by atoms with Crippen LogP contribution in [0.25, 0.3) is 0 Å². The summed E-state index contributed by atoms with van der Waals surface area (Å²) < 4.78 is 0. The van der Waals surface area contributed by atoms with Crippen molar-refractivity contribution in [2.24, 2.45) is 0 Å². The first-order valence-electron chi connectivity index (χ1n) is 4.05. The summed E-state index contributed by atoms with van der Waals surface area (Å²) in [6.45, 7) is 5.56. The lowest BCUT2D eigenvalue weighted by Crippen LogP contribution is -2.27. The lowest BCUT2D eigenvalue weighted by molar-refractivity contribution is 0.180. The van der Waals surface area contributed by atoms with Crippen LogP contribution in [-0.4, -0.2) is 35.2 Å². The fourth-order valence-electron chi connectivity index (χ4n) is 1.47. The predicted molar refractivity (Wildman–Crippen MR) is 45.1 cm³/mol. The highest BCUT2D eigenvalue weighted by atomic mass is 16.3. The van der Waals surface area contributed by atoms with Crippen LogP contribution in [0.4, 0.5) is 0 Å². The van der Waals surface area contributed by atoms with Gasteiger partial charge < -0.3 is 5.11 Å². The Morgan fingerprint density at radius 2 is 2.36 bits per heavy atom. The third-order valence-electron chi connectivity index (χ3n) is 2.14. The fraction of sp³-hybridized carbons (Fsp3) is 0.778. The standard InChI is InChI=1S/C9H15NO/c1-3-4-5-10-7-9(11)6-8(10)2/h8-9,11H,5-7H2,1-2H3. The second kappa shape index (κ2) is 3.75. The molecule has 1 aliphatic heterocycles. The molecule has 0 aliphatic carbocycles. The van der Waals surface area contributed by atoms with Crippen LogP contribution in [0, 0.1) is 11.8 Å². The molecule has 1 aliphatic rings. The first kappa shape index (κ1) is 8.58. The van der Waals surface area contributed by atoms with Gasteiger partial charge in [-0.1, -0.05) is 5.92 Å². The Balaban J connectivity index is 2.38. The van der Waals surface area contributed by atoms with Crippen LogP contribution >= 0.6 is 0 Å². The summed E-state index contributed by atoms with van der Waals surface area (Å²) in [4.78, 5) is 2.21. The molecule has 0 amide bonds. The lowest BCUT2D eigenvalue weighted by Gasteiger charge is -2.16. The summed E-state index contributed by atoms with van der Waals surface area (Å²) in [6, 6.07) is 0.492. The summed E-state index contributed by atoms with van der Waals surface area (Å²) in [5.41, 5.74) is 0. The highest BCUT2D eigenvalue weighted by Crippen LogP contribution is 2.15. The van der Waals surface area contributed by atoms with Gasteiger partial charge in [0.1, 0.15) is 0 Å². The van der Waals surface area contributed by atoms with E-state index < -0.39 is 0 Å².